The third kappa shape index (κ3) is 1.76. The van der Waals surface area contributed by atoms with Crippen LogP contribution in [0.4, 0.5) is 5.69 Å². The molecular weight excluding hydrogens is 230 g/mol. The predicted molar refractivity (Wildman–Crippen MR) is 69.8 cm³/mol. The standard InChI is InChI=1S/C13H17N3O2/c1-15-9-14-13-11(15)3-2-4-12(13)16-5-6-18-8-10(16)7-17/h2-4,9-10,17H,5-8H2,1H3/t10-/m1/s1. The Balaban J connectivity index is 2.07. The first-order valence-electron chi connectivity index (χ1n) is 6.16. The van der Waals surface area contributed by atoms with E-state index in [0.29, 0.717) is 13.2 Å². The molecule has 96 valence electrons. The van der Waals surface area contributed by atoms with Crippen molar-refractivity contribution in [2.45, 2.75) is 6.04 Å². The van der Waals surface area contributed by atoms with Gasteiger partial charge in [-0.25, -0.2) is 4.98 Å². The summed E-state index contributed by atoms with van der Waals surface area (Å²) >= 11 is 0. The minimum atomic E-state index is 0.0198. The van der Waals surface area contributed by atoms with E-state index in [0.717, 1.165) is 23.3 Å². The van der Waals surface area contributed by atoms with E-state index in [1.165, 1.54) is 0 Å². The maximum Gasteiger partial charge on any atom is 0.112 e. The fourth-order valence-corrected chi connectivity index (χ4v) is 2.50. The molecule has 2 aromatic rings. The van der Waals surface area contributed by atoms with E-state index >= 15 is 0 Å². The van der Waals surface area contributed by atoms with E-state index in [4.69, 9.17) is 4.74 Å². The summed E-state index contributed by atoms with van der Waals surface area (Å²) in [5.41, 5.74) is 3.17. The summed E-state index contributed by atoms with van der Waals surface area (Å²) in [5.74, 6) is 0. The van der Waals surface area contributed by atoms with Gasteiger partial charge in [0.1, 0.15) is 5.52 Å². The van der Waals surface area contributed by atoms with Crippen LogP contribution in [0.5, 0.6) is 0 Å². The number of benzene rings is 1. The van der Waals surface area contributed by atoms with Crippen LogP contribution in [0.25, 0.3) is 11.0 Å². The molecule has 18 heavy (non-hydrogen) atoms. The zero-order valence-electron chi connectivity index (χ0n) is 10.4. The van der Waals surface area contributed by atoms with Crippen LogP contribution in [0.3, 0.4) is 0 Å². The van der Waals surface area contributed by atoms with Gasteiger partial charge in [-0.1, -0.05) is 6.07 Å². The molecule has 5 nitrogen and oxygen atoms in total. The molecule has 2 heterocycles. The minimum Gasteiger partial charge on any atom is -0.394 e. The van der Waals surface area contributed by atoms with Crippen LogP contribution in [0.1, 0.15) is 0 Å². The monoisotopic (exact) mass is 247 g/mol. The van der Waals surface area contributed by atoms with Gasteiger partial charge in [-0.15, -0.1) is 0 Å². The lowest BCUT2D eigenvalue weighted by molar-refractivity contribution is 0.0728. The number of fused-ring (bicyclic) bond motifs is 1. The van der Waals surface area contributed by atoms with Crippen molar-refractivity contribution < 1.29 is 9.84 Å². The first kappa shape index (κ1) is 11.5. The largest absolute Gasteiger partial charge is 0.394 e. The lowest BCUT2D eigenvalue weighted by atomic mass is 10.1. The quantitative estimate of drug-likeness (QED) is 0.851. The molecule has 0 unspecified atom stereocenters. The zero-order chi connectivity index (χ0) is 12.5. The molecule has 1 atom stereocenters. The van der Waals surface area contributed by atoms with E-state index in [-0.39, 0.29) is 12.6 Å². The van der Waals surface area contributed by atoms with Crippen molar-refractivity contribution in [3.05, 3.63) is 24.5 Å². The smallest absolute Gasteiger partial charge is 0.112 e. The van der Waals surface area contributed by atoms with E-state index in [1.54, 1.807) is 0 Å². The van der Waals surface area contributed by atoms with E-state index < -0.39 is 0 Å². The molecule has 0 amide bonds. The van der Waals surface area contributed by atoms with E-state index in [1.807, 2.05) is 24.0 Å². The molecule has 0 radical (unpaired) electrons. The van der Waals surface area contributed by atoms with E-state index in [9.17, 15) is 5.11 Å². The van der Waals surface area contributed by atoms with Gasteiger partial charge in [-0.2, -0.15) is 0 Å². The number of imidazole rings is 1. The summed E-state index contributed by atoms with van der Waals surface area (Å²) in [4.78, 5) is 6.65. The van der Waals surface area contributed by atoms with Crippen LogP contribution < -0.4 is 4.90 Å². The van der Waals surface area contributed by atoms with Gasteiger partial charge in [-0.05, 0) is 12.1 Å². The van der Waals surface area contributed by atoms with Crippen molar-refractivity contribution in [3.8, 4) is 0 Å². The molecule has 1 N–H and O–H groups in total. The Hall–Kier alpha value is -1.59. The van der Waals surface area contributed by atoms with Gasteiger partial charge >= 0.3 is 0 Å². The Morgan fingerprint density at radius 3 is 3.22 bits per heavy atom. The Labute approximate surface area is 106 Å². The summed E-state index contributed by atoms with van der Waals surface area (Å²) < 4.78 is 7.42. The second-order valence-corrected chi connectivity index (χ2v) is 4.61. The molecule has 5 heteroatoms. The van der Waals surface area contributed by atoms with Crippen molar-refractivity contribution in [3.63, 3.8) is 0 Å². The molecule has 1 aliphatic rings. The van der Waals surface area contributed by atoms with Crippen LogP contribution in [0.2, 0.25) is 0 Å². The summed E-state index contributed by atoms with van der Waals surface area (Å²) in [6.45, 7) is 2.16. The Kier molecular flexibility index (Phi) is 2.93. The Morgan fingerprint density at radius 1 is 1.50 bits per heavy atom. The minimum absolute atomic E-state index is 0.0198. The molecular formula is C13H17N3O2. The molecule has 1 saturated heterocycles. The number of anilines is 1. The number of aromatic nitrogens is 2. The molecule has 0 bridgehead atoms. The van der Waals surface area contributed by atoms with Gasteiger partial charge in [0.15, 0.2) is 0 Å². The topological polar surface area (TPSA) is 50.5 Å². The number of hydrogen-bond donors (Lipinski definition) is 1. The summed E-state index contributed by atoms with van der Waals surface area (Å²) in [6.07, 6.45) is 1.82. The van der Waals surface area contributed by atoms with Gasteiger partial charge in [0, 0.05) is 13.6 Å². The van der Waals surface area contributed by atoms with Gasteiger partial charge in [0.25, 0.3) is 0 Å². The fourth-order valence-electron chi connectivity index (χ4n) is 2.50. The SMILES string of the molecule is Cn1cnc2c(N3CCOC[C@H]3CO)cccc21. The zero-order valence-corrected chi connectivity index (χ0v) is 10.4. The van der Waals surface area contributed by atoms with Crippen molar-refractivity contribution in [2.24, 2.45) is 7.05 Å². The highest BCUT2D eigenvalue weighted by molar-refractivity contribution is 5.89. The molecule has 1 aromatic carbocycles. The van der Waals surface area contributed by atoms with Crippen molar-refractivity contribution in [2.75, 3.05) is 31.3 Å². The normalized spacial score (nSPS) is 20.6. The van der Waals surface area contributed by atoms with Crippen molar-refractivity contribution in [1.29, 1.82) is 0 Å². The van der Waals surface area contributed by atoms with Gasteiger partial charge < -0.3 is 19.3 Å². The third-order valence-corrected chi connectivity index (χ3v) is 3.48. The maximum atomic E-state index is 9.45. The fraction of sp³-hybridized carbons (Fsp3) is 0.462. The average molecular weight is 247 g/mol. The van der Waals surface area contributed by atoms with Crippen LogP contribution >= 0.6 is 0 Å². The number of morpholine rings is 1. The van der Waals surface area contributed by atoms with Crippen LogP contribution in [0, 0.1) is 0 Å². The molecule has 1 fully saturated rings. The lowest BCUT2D eigenvalue weighted by Gasteiger charge is -2.36. The Morgan fingerprint density at radius 2 is 2.39 bits per heavy atom. The van der Waals surface area contributed by atoms with Crippen LogP contribution in [-0.2, 0) is 11.8 Å². The summed E-state index contributed by atoms with van der Waals surface area (Å²) in [6, 6.07) is 6.17. The second kappa shape index (κ2) is 4.59. The number of nitrogens with zero attached hydrogens (tertiary/aromatic N) is 3. The number of ether oxygens (including phenoxy) is 1. The highest BCUT2D eigenvalue weighted by atomic mass is 16.5. The Bertz CT molecular complexity index is 552. The number of aliphatic hydroxyl groups excluding tert-OH is 1. The molecule has 0 spiro atoms. The second-order valence-electron chi connectivity index (χ2n) is 4.61. The van der Waals surface area contributed by atoms with Crippen molar-refractivity contribution >= 4 is 16.7 Å². The van der Waals surface area contributed by atoms with Gasteiger partial charge in [-0.3, -0.25) is 0 Å². The molecule has 1 aliphatic heterocycles. The van der Waals surface area contributed by atoms with Crippen LogP contribution in [-0.4, -0.2) is 47.1 Å². The highest BCUT2D eigenvalue weighted by Crippen LogP contribution is 2.27. The number of aliphatic hydroxyl groups is 1. The number of rotatable bonds is 2. The van der Waals surface area contributed by atoms with Crippen LogP contribution in [0.15, 0.2) is 24.5 Å². The number of hydrogen-bond acceptors (Lipinski definition) is 4. The van der Waals surface area contributed by atoms with Gasteiger partial charge in [0.2, 0.25) is 0 Å². The predicted octanol–water partition coefficient (Wildman–Crippen LogP) is 0.771. The van der Waals surface area contributed by atoms with E-state index in [2.05, 4.69) is 22.0 Å². The number of aryl methyl sites for hydroxylation is 1. The van der Waals surface area contributed by atoms with Gasteiger partial charge in [0.05, 0.1) is 43.4 Å². The molecule has 0 saturated carbocycles. The highest BCUT2D eigenvalue weighted by Gasteiger charge is 2.24. The first-order chi connectivity index (χ1) is 8.81. The lowest BCUT2D eigenvalue weighted by Crippen LogP contribution is -2.47. The molecule has 1 aromatic heterocycles. The number of para-hydroxylation sites is 1. The maximum absolute atomic E-state index is 9.45. The molecule has 0 aliphatic carbocycles. The summed E-state index contributed by atoms with van der Waals surface area (Å²) in [5, 5.41) is 9.45. The first-order valence-corrected chi connectivity index (χ1v) is 6.16. The molecule has 3 rings (SSSR count). The summed E-state index contributed by atoms with van der Waals surface area (Å²) in [7, 11) is 1.99. The average Bonchev–Trinajstić information content (AvgIpc) is 2.81. The third-order valence-electron chi connectivity index (χ3n) is 3.48. The van der Waals surface area contributed by atoms with Crippen molar-refractivity contribution in [1.82, 2.24) is 9.55 Å².